The van der Waals surface area contributed by atoms with E-state index in [9.17, 15) is 0 Å². The number of aryl methyl sites for hydroxylation is 1. The first-order chi connectivity index (χ1) is 7.16. The van der Waals surface area contributed by atoms with Crippen LogP contribution >= 0.6 is 0 Å². The van der Waals surface area contributed by atoms with Crippen LogP contribution in [0.1, 0.15) is 43.9 Å². The summed E-state index contributed by atoms with van der Waals surface area (Å²) in [6, 6.07) is 9.89. The van der Waals surface area contributed by atoms with Crippen LogP contribution in [0.15, 0.2) is 24.3 Å². The third-order valence-corrected chi connectivity index (χ3v) is 3.51. The summed E-state index contributed by atoms with van der Waals surface area (Å²) in [6.07, 6.45) is 2.69. The van der Waals surface area contributed by atoms with E-state index in [0.29, 0.717) is 6.04 Å². The predicted molar refractivity (Wildman–Crippen MR) is 64.9 cm³/mol. The summed E-state index contributed by atoms with van der Waals surface area (Å²) in [7, 11) is 0. The molecule has 0 bridgehead atoms. The van der Waals surface area contributed by atoms with E-state index in [0.717, 1.165) is 12.0 Å². The van der Waals surface area contributed by atoms with Crippen molar-refractivity contribution in [1.29, 1.82) is 0 Å². The minimum atomic E-state index is 0.490. The molecule has 0 aliphatic heterocycles. The van der Waals surface area contributed by atoms with Gasteiger partial charge in [0.25, 0.3) is 0 Å². The lowest BCUT2D eigenvalue weighted by Gasteiger charge is -2.36. The van der Waals surface area contributed by atoms with Crippen molar-refractivity contribution in [3.63, 3.8) is 0 Å². The predicted octanol–water partition coefficient (Wildman–Crippen LogP) is 3.44. The zero-order valence-corrected chi connectivity index (χ0v) is 9.96. The molecule has 0 amide bonds. The maximum Gasteiger partial charge on any atom is 0.0296 e. The highest BCUT2D eigenvalue weighted by Crippen LogP contribution is 2.29. The summed E-state index contributed by atoms with van der Waals surface area (Å²) < 4.78 is 0. The van der Waals surface area contributed by atoms with Crippen LogP contribution in [0.5, 0.6) is 0 Å². The first-order valence-electron chi connectivity index (χ1n) is 5.98. The Labute approximate surface area is 92.9 Å². The fourth-order valence-electron chi connectivity index (χ4n) is 2.55. The van der Waals surface area contributed by atoms with Gasteiger partial charge in [0.1, 0.15) is 0 Å². The second-order valence-corrected chi connectivity index (χ2v) is 5.02. The van der Waals surface area contributed by atoms with Crippen LogP contribution in [0, 0.1) is 12.8 Å². The van der Waals surface area contributed by atoms with Crippen molar-refractivity contribution in [1.82, 2.24) is 5.32 Å². The molecule has 0 radical (unpaired) electrons. The van der Waals surface area contributed by atoms with Crippen LogP contribution < -0.4 is 5.32 Å². The van der Waals surface area contributed by atoms with E-state index in [1.165, 1.54) is 24.0 Å². The van der Waals surface area contributed by atoms with Gasteiger partial charge in [-0.25, -0.2) is 0 Å². The summed E-state index contributed by atoms with van der Waals surface area (Å²) in [5.74, 6) is 0.923. The number of hydrogen-bond acceptors (Lipinski definition) is 1. The molecule has 1 fully saturated rings. The van der Waals surface area contributed by atoms with Crippen molar-refractivity contribution < 1.29 is 0 Å². The molecule has 1 unspecified atom stereocenters. The average Bonchev–Trinajstić information content (AvgIpc) is 2.16. The molecule has 0 heterocycles. The van der Waals surface area contributed by atoms with Gasteiger partial charge in [-0.2, -0.15) is 0 Å². The monoisotopic (exact) mass is 203 g/mol. The van der Waals surface area contributed by atoms with Crippen molar-refractivity contribution >= 4 is 0 Å². The normalized spacial score (nSPS) is 27.1. The highest BCUT2D eigenvalue weighted by molar-refractivity contribution is 5.28. The molecule has 0 aromatic heterocycles. The molecule has 0 saturated heterocycles. The molecule has 1 aliphatic rings. The molecular formula is C14H21N. The zero-order valence-electron chi connectivity index (χ0n) is 9.96. The second kappa shape index (κ2) is 4.36. The Kier molecular flexibility index (Phi) is 3.11. The van der Waals surface area contributed by atoms with E-state index >= 15 is 0 Å². The quantitative estimate of drug-likeness (QED) is 0.793. The van der Waals surface area contributed by atoms with Gasteiger partial charge < -0.3 is 5.32 Å². The van der Waals surface area contributed by atoms with Gasteiger partial charge in [-0.3, -0.25) is 0 Å². The van der Waals surface area contributed by atoms with Gasteiger partial charge in [0, 0.05) is 12.1 Å². The van der Waals surface area contributed by atoms with Crippen molar-refractivity contribution in [2.75, 3.05) is 0 Å². The summed E-state index contributed by atoms with van der Waals surface area (Å²) in [5, 5.41) is 3.70. The lowest BCUT2D eigenvalue weighted by Crippen LogP contribution is -2.41. The van der Waals surface area contributed by atoms with Crippen molar-refractivity contribution in [2.45, 2.75) is 45.7 Å². The molecule has 1 aromatic carbocycles. The Morgan fingerprint density at radius 2 is 1.93 bits per heavy atom. The molecule has 0 spiro atoms. The van der Waals surface area contributed by atoms with Crippen molar-refractivity contribution in [3.8, 4) is 0 Å². The maximum atomic E-state index is 3.70. The first kappa shape index (κ1) is 10.7. The standard InChI is InChI=1S/C14H21N/c1-10-8-13(9-10)15-12(3)14-7-5-4-6-11(14)2/h4-7,10,12-13,15H,8-9H2,1-3H3. The molecular weight excluding hydrogens is 182 g/mol. The van der Waals surface area contributed by atoms with Gasteiger partial charge in [0.2, 0.25) is 0 Å². The lowest BCUT2D eigenvalue weighted by atomic mass is 9.81. The number of hydrogen-bond donors (Lipinski definition) is 1. The molecule has 1 N–H and O–H groups in total. The van der Waals surface area contributed by atoms with E-state index in [1.807, 2.05) is 0 Å². The van der Waals surface area contributed by atoms with E-state index in [-0.39, 0.29) is 0 Å². The topological polar surface area (TPSA) is 12.0 Å². The highest BCUT2D eigenvalue weighted by atomic mass is 15.0. The fourth-order valence-corrected chi connectivity index (χ4v) is 2.55. The zero-order chi connectivity index (χ0) is 10.8. The largest absolute Gasteiger partial charge is 0.307 e. The lowest BCUT2D eigenvalue weighted by molar-refractivity contribution is 0.226. The molecule has 1 atom stereocenters. The van der Waals surface area contributed by atoms with Gasteiger partial charge in [0.15, 0.2) is 0 Å². The molecule has 2 rings (SSSR count). The Morgan fingerprint density at radius 3 is 2.53 bits per heavy atom. The summed E-state index contributed by atoms with van der Waals surface area (Å²) in [6.45, 7) is 6.79. The number of benzene rings is 1. The summed E-state index contributed by atoms with van der Waals surface area (Å²) >= 11 is 0. The van der Waals surface area contributed by atoms with Gasteiger partial charge in [0.05, 0.1) is 0 Å². The van der Waals surface area contributed by atoms with E-state index < -0.39 is 0 Å². The third kappa shape index (κ3) is 2.40. The van der Waals surface area contributed by atoms with Crippen LogP contribution in [0.2, 0.25) is 0 Å². The van der Waals surface area contributed by atoms with Crippen molar-refractivity contribution in [2.24, 2.45) is 5.92 Å². The molecule has 1 aliphatic carbocycles. The highest BCUT2D eigenvalue weighted by Gasteiger charge is 2.26. The van der Waals surface area contributed by atoms with Crippen LogP contribution in [0.25, 0.3) is 0 Å². The van der Waals surface area contributed by atoms with E-state index in [2.05, 4.69) is 50.4 Å². The second-order valence-electron chi connectivity index (χ2n) is 5.02. The molecule has 82 valence electrons. The Balaban J connectivity index is 1.96. The maximum absolute atomic E-state index is 3.70. The molecule has 1 aromatic rings. The Bertz CT molecular complexity index is 326. The van der Waals surface area contributed by atoms with Crippen molar-refractivity contribution in [3.05, 3.63) is 35.4 Å². The number of rotatable bonds is 3. The first-order valence-corrected chi connectivity index (χ1v) is 5.98. The summed E-state index contributed by atoms with van der Waals surface area (Å²) in [4.78, 5) is 0. The molecule has 1 nitrogen and oxygen atoms in total. The van der Waals surface area contributed by atoms with Crippen LogP contribution in [0.3, 0.4) is 0 Å². The Hall–Kier alpha value is -0.820. The smallest absolute Gasteiger partial charge is 0.0296 e. The van der Waals surface area contributed by atoms with Gasteiger partial charge in [-0.05, 0) is 43.7 Å². The van der Waals surface area contributed by atoms with Crippen LogP contribution in [0.4, 0.5) is 0 Å². The fraction of sp³-hybridized carbons (Fsp3) is 0.571. The van der Waals surface area contributed by atoms with E-state index in [1.54, 1.807) is 0 Å². The van der Waals surface area contributed by atoms with Gasteiger partial charge >= 0.3 is 0 Å². The Morgan fingerprint density at radius 1 is 1.27 bits per heavy atom. The molecule has 15 heavy (non-hydrogen) atoms. The summed E-state index contributed by atoms with van der Waals surface area (Å²) in [5.41, 5.74) is 2.84. The van der Waals surface area contributed by atoms with Gasteiger partial charge in [-0.15, -0.1) is 0 Å². The van der Waals surface area contributed by atoms with E-state index in [4.69, 9.17) is 0 Å². The minimum Gasteiger partial charge on any atom is -0.307 e. The SMILES string of the molecule is Cc1ccccc1C(C)NC1CC(C)C1. The molecule has 1 saturated carbocycles. The number of nitrogens with one attached hydrogen (secondary N) is 1. The van der Waals surface area contributed by atoms with Gasteiger partial charge in [-0.1, -0.05) is 31.2 Å². The average molecular weight is 203 g/mol. The molecule has 1 heteroatoms. The van der Waals surface area contributed by atoms with Crippen LogP contribution in [-0.2, 0) is 0 Å². The minimum absolute atomic E-state index is 0.490. The third-order valence-electron chi connectivity index (χ3n) is 3.51. The van der Waals surface area contributed by atoms with Crippen LogP contribution in [-0.4, -0.2) is 6.04 Å².